The maximum absolute atomic E-state index is 13.1. The predicted octanol–water partition coefficient (Wildman–Crippen LogP) is 3.59. The van der Waals surface area contributed by atoms with Crippen molar-refractivity contribution in [1.29, 1.82) is 0 Å². The Bertz CT molecular complexity index is 775. The number of urea groups is 1. The van der Waals surface area contributed by atoms with Crippen LogP contribution >= 0.6 is 0 Å². The molecule has 1 aliphatic rings. The van der Waals surface area contributed by atoms with Gasteiger partial charge in [-0.05, 0) is 43.3 Å². The van der Waals surface area contributed by atoms with E-state index < -0.39 is 0 Å². The SMILES string of the molecule is CCOc1cc(NC(=O)N2CCN(c3ccc(F)cc3)CC2)ccc1OC. The van der Waals surface area contributed by atoms with Gasteiger partial charge in [-0.15, -0.1) is 0 Å². The van der Waals surface area contributed by atoms with E-state index in [0.717, 1.165) is 5.69 Å². The summed E-state index contributed by atoms with van der Waals surface area (Å²) >= 11 is 0. The summed E-state index contributed by atoms with van der Waals surface area (Å²) in [5.41, 5.74) is 1.62. The summed E-state index contributed by atoms with van der Waals surface area (Å²) in [5, 5.41) is 2.91. The Morgan fingerprint density at radius 2 is 1.78 bits per heavy atom. The summed E-state index contributed by atoms with van der Waals surface area (Å²) in [6, 6.07) is 11.6. The van der Waals surface area contributed by atoms with Gasteiger partial charge in [0.1, 0.15) is 5.82 Å². The lowest BCUT2D eigenvalue weighted by atomic mass is 10.2. The van der Waals surface area contributed by atoms with Crippen molar-refractivity contribution in [2.24, 2.45) is 0 Å². The average molecular weight is 373 g/mol. The van der Waals surface area contributed by atoms with E-state index in [1.807, 2.05) is 6.92 Å². The summed E-state index contributed by atoms with van der Waals surface area (Å²) in [4.78, 5) is 16.5. The molecule has 27 heavy (non-hydrogen) atoms. The van der Waals surface area contributed by atoms with Crippen molar-refractivity contribution < 1.29 is 18.7 Å². The molecule has 1 N–H and O–H groups in total. The fraction of sp³-hybridized carbons (Fsp3) is 0.350. The Balaban J connectivity index is 1.58. The van der Waals surface area contributed by atoms with E-state index in [1.54, 1.807) is 42.3 Å². The lowest BCUT2D eigenvalue weighted by molar-refractivity contribution is 0.208. The number of ether oxygens (including phenoxy) is 2. The number of benzene rings is 2. The molecule has 0 atom stereocenters. The Kier molecular flexibility index (Phi) is 6.01. The molecule has 0 saturated carbocycles. The molecule has 0 bridgehead atoms. The number of rotatable bonds is 5. The van der Waals surface area contributed by atoms with Crippen LogP contribution in [0.1, 0.15) is 6.92 Å². The number of hydrogen-bond donors (Lipinski definition) is 1. The second-order valence-corrected chi connectivity index (χ2v) is 6.18. The number of nitrogens with one attached hydrogen (secondary N) is 1. The predicted molar refractivity (Wildman–Crippen MR) is 103 cm³/mol. The molecule has 1 saturated heterocycles. The standard InChI is InChI=1S/C20H24FN3O3/c1-3-27-19-14-16(6-9-18(19)26-2)22-20(25)24-12-10-23(11-13-24)17-7-4-15(21)5-8-17/h4-9,14H,3,10-13H2,1-2H3,(H,22,25). The average Bonchev–Trinajstić information content (AvgIpc) is 2.69. The van der Waals surface area contributed by atoms with E-state index >= 15 is 0 Å². The van der Waals surface area contributed by atoms with Crippen LogP contribution in [0.5, 0.6) is 11.5 Å². The maximum Gasteiger partial charge on any atom is 0.321 e. The fourth-order valence-electron chi connectivity index (χ4n) is 3.04. The molecule has 2 aromatic carbocycles. The van der Waals surface area contributed by atoms with Gasteiger partial charge in [-0.1, -0.05) is 0 Å². The second kappa shape index (κ2) is 8.62. The lowest BCUT2D eigenvalue weighted by Crippen LogP contribution is -2.50. The summed E-state index contributed by atoms with van der Waals surface area (Å²) in [6.45, 7) is 5.00. The molecule has 2 aromatic rings. The Morgan fingerprint density at radius 1 is 1.07 bits per heavy atom. The highest BCUT2D eigenvalue weighted by atomic mass is 19.1. The molecule has 1 heterocycles. The normalized spacial score (nSPS) is 14.0. The second-order valence-electron chi connectivity index (χ2n) is 6.18. The number of anilines is 2. The third-order valence-corrected chi connectivity index (χ3v) is 4.47. The Morgan fingerprint density at radius 3 is 2.41 bits per heavy atom. The maximum atomic E-state index is 13.1. The Hall–Kier alpha value is -2.96. The minimum Gasteiger partial charge on any atom is -0.493 e. The highest BCUT2D eigenvalue weighted by molar-refractivity contribution is 5.90. The van der Waals surface area contributed by atoms with E-state index in [-0.39, 0.29) is 11.8 Å². The first-order valence-electron chi connectivity index (χ1n) is 8.98. The van der Waals surface area contributed by atoms with Crippen LogP contribution in [0.3, 0.4) is 0 Å². The molecule has 1 aliphatic heterocycles. The van der Waals surface area contributed by atoms with Crippen molar-refractivity contribution in [3.05, 3.63) is 48.3 Å². The van der Waals surface area contributed by atoms with Gasteiger partial charge in [-0.2, -0.15) is 0 Å². The summed E-state index contributed by atoms with van der Waals surface area (Å²) < 4.78 is 23.9. The fourth-order valence-corrected chi connectivity index (χ4v) is 3.04. The van der Waals surface area contributed by atoms with E-state index in [0.29, 0.717) is 50.0 Å². The molecule has 0 aromatic heterocycles. The van der Waals surface area contributed by atoms with E-state index in [2.05, 4.69) is 10.2 Å². The molecule has 7 heteroatoms. The number of halogens is 1. The molecule has 0 aliphatic carbocycles. The number of methoxy groups -OCH3 is 1. The van der Waals surface area contributed by atoms with Gasteiger partial charge in [0.2, 0.25) is 0 Å². The molecule has 1 fully saturated rings. The van der Waals surface area contributed by atoms with Gasteiger partial charge >= 0.3 is 6.03 Å². The monoisotopic (exact) mass is 373 g/mol. The zero-order valence-corrected chi connectivity index (χ0v) is 15.6. The molecule has 2 amide bonds. The summed E-state index contributed by atoms with van der Waals surface area (Å²) in [7, 11) is 1.58. The van der Waals surface area contributed by atoms with Crippen molar-refractivity contribution in [3.8, 4) is 11.5 Å². The smallest absolute Gasteiger partial charge is 0.321 e. The summed E-state index contributed by atoms with van der Waals surface area (Å²) in [5.74, 6) is 0.976. The van der Waals surface area contributed by atoms with Crippen molar-refractivity contribution in [2.75, 3.05) is 50.1 Å². The van der Waals surface area contributed by atoms with Crippen molar-refractivity contribution >= 4 is 17.4 Å². The zero-order chi connectivity index (χ0) is 19.2. The van der Waals surface area contributed by atoms with Gasteiger partial charge in [-0.3, -0.25) is 0 Å². The number of amides is 2. The number of carbonyl (C=O) groups is 1. The van der Waals surface area contributed by atoms with E-state index in [4.69, 9.17) is 9.47 Å². The molecule has 0 radical (unpaired) electrons. The van der Waals surface area contributed by atoms with Crippen LogP contribution < -0.4 is 19.7 Å². The molecule has 144 valence electrons. The van der Waals surface area contributed by atoms with Crippen LogP contribution in [0, 0.1) is 5.82 Å². The number of hydrogen-bond acceptors (Lipinski definition) is 4. The third kappa shape index (κ3) is 4.61. The van der Waals surface area contributed by atoms with Crippen LogP contribution in [-0.2, 0) is 0 Å². The van der Waals surface area contributed by atoms with Crippen LogP contribution in [0.15, 0.2) is 42.5 Å². The third-order valence-electron chi connectivity index (χ3n) is 4.47. The van der Waals surface area contributed by atoms with Gasteiger partial charge in [0.25, 0.3) is 0 Å². The van der Waals surface area contributed by atoms with E-state index in [1.165, 1.54) is 12.1 Å². The van der Waals surface area contributed by atoms with E-state index in [9.17, 15) is 9.18 Å². The first-order chi connectivity index (χ1) is 13.1. The van der Waals surface area contributed by atoms with Gasteiger partial charge < -0.3 is 24.6 Å². The Labute approximate surface area is 158 Å². The number of carbonyl (C=O) groups excluding carboxylic acids is 1. The molecule has 0 spiro atoms. The highest BCUT2D eigenvalue weighted by Crippen LogP contribution is 2.30. The molecule has 0 unspecified atom stereocenters. The number of piperazine rings is 1. The molecular weight excluding hydrogens is 349 g/mol. The van der Waals surface area contributed by atoms with Crippen LogP contribution in [0.25, 0.3) is 0 Å². The van der Waals surface area contributed by atoms with Gasteiger partial charge in [0.05, 0.1) is 13.7 Å². The van der Waals surface area contributed by atoms with Crippen molar-refractivity contribution in [2.45, 2.75) is 6.92 Å². The summed E-state index contributed by atoms with van der Waals surface area (Å²) in [6.07, 6.45) is 0. The molecular formula is C20H24FN3O3. The van der Waals surface area contributed by atoms with Crippen molar-refractivity contribution in [3.63, 3.8) is 0 Å². The van der Waals surface area contributed by atoms with Crippen molar-refractivity contribution in [1.82, 2.24) is 4.90 Å². The number of nitrogens with zero attached hydrogens (tertiary/aromatic N) is 2. The van der Waals surface area contributed by atoms with Gasteiger partial charge in [0, 0.05) is 43.6 Å². The van der Waals surface area contributed by atoms with Gasteiger partial charge in [0.15, 0.2) is 11.5 Å². The van der Waals surface area contributed by atoms with Gasteiger partial charge in [-0.25, -0.2) is 9.18 Å². The highest BCUT2D eigenvalue weighted by Gasteiger charge is 2.21. The van der Waals surface area contributed by atoms with Crippen LogP contribution in [0.4, 0.5) is 20.6 Å². The minimum atomic E-state index is -0.248. The zero-order valence-electron chi connectivity index (χ0n) is 15.6. The minimum absolute atomic E-state index is 0.152. The molecule has 6 nitrogen and oxygen atoms in total. The first-order valence-corrected chi connectivity index (χ1v) is 8.98. The lowest BCUT2D eigenvalue weighted by Gasteiger charge is -2.36. The quantitative estimate of drug-likeness (QED) is 0.870. The van der Waals surface area contributed by atoms with Crippen LogP contribution in [0.2, 0.25) is 0 Å². The first kappa shape index (κ1) is 18.8. The van der Waals surface area contributed by atoms with Crippen LogP contribution in [-0.4, -0.2) is 50.8 Å². The molecule has 3 rings (SSSR count). The largest absolute Gasteiger partial charge is 0.493 e. The topological polar surface area (TPSA) is 54.0 Å².